The number of carbonyl (C=O) groups is 1. The molecule has 2 aromatic rings. The minimum Gasteiger partial charge on any atom is -0.504 e. The van der Waals surface area contributed by atoms with Crippen LogP contribution in [0.5, 0.6) is 23.0 Å². The first-order chi connectivity index (χ1) is 18.2. The molecule has 2 fully saturated rings. The highest BCUT2D eigenvalue weighted by Gasteiger charge is 2.45. The topological polar surface area (TPSA) is 185 Å². The molecule has 12 heteroatoms. The molecule has 2 saturated heterocycles. The van der Waals surface area contributed by atoms with Crippen LogP contribution >= 0.6 is 0 Å². The van der Waals surface area contributed by atoms with Gasteiger partial charge in [-0.05, 0) is 41.8 Å². The van der Waals surface area contributed by atoms with Gasteiger partial charge in [0.15, 0.2) is 23.0 Å². The van der Waals surface area contributed by atoms with Crippen molar-refractivity contribution in [1.29, 1.82) is 0 Å². The molecular weight excluding hydrogens is 504 g/mol. The van der Waals surface area contributed by atoms with Crippen LogP contribution in [0.3, 0.4) is 0 Å². The predicted octanol–water partition coefficient (Wildman–Crippen LogP) is -0.347. The van der Waals surface area contributed by atoms with Gasteiger partial charge in [0.1, 0.15) is 24.4 Å². The van der Waals surface area contributed by atoms with Crippen molar-refractivity contribution in [1.82, 2.24) is 0 Å². The molecular formula is C26H32O12. The van der Waals surface area contributed by atoms with Crippen LogP contribution in [0.1, 0.15) is 17.2 Å². The zero-order valence-electron chi connectivity index (χ0n) is 20.8. The van der Waals surface area contributed by atoms with E-state index in [4.69, 9.17) is 23.7 Å². The van der Waals surface area contributed by atoms with Crippen molar-refractivity contribution < 1.29 is 59.1 Å². The minimum absolute atomic E-state index is 0.00528. The molecule has 0 bridgehead atoms. The lowest BCUT2D eigenvalue weighted by molar-refractivity contribution is -0.277. The number of phenols is 1. The molecule has 2 aliphatic heterocycles. The van der Waals surface area contributed by atoms with E-state index in [0.29, 0.717) is 5.56 Å². The first-order valence-corrected chi connectivity index (χ1v) is 12.0. The van der Waals surface area contributed by atoms with Gasteiger partial charge >= 0.3 is 5.97 Å². The number of rotatable bonds is 9. The van der Waals surface area contributed by atoms with Crippen LogP contribution in [0.15, 0.2) is 36.4 Å². The molecule has 0 saturated carbocycles. The zero-order valence-corrected chi connectivity index (χ0v) is 20.8. The van der Waals surface area contributed by atoms with Crippen LogP contribution in [0.4, 0.5) is 0 Å². The van der Waals surface area contributed by atoms with Crippen molar-refractivity contribution >= 4 is 5.97 Å². The molecule has 2 aromatic carbocycles. The van der Waals surface area contributed by atoms with Crippen LogP contribution in [-0.4, -0.2) is 94.7 Å². The highest BCUT2D eigenvalue weighted by molar-refractivity contribution is 5.75. The molecule has 2 heterocycles. The SMILES string of the molecule is COc1cc(C[C@@H]2C(=O)OC[C@H]2[C@@H](O)c2ccc(O[C@@H]3O[C@H](CO)[C@@H](O)[C@H](O)[C@H]3O)c(OC)c2)ccc1O. The van der Waals surface area contributed by atoms with Crippen molar-refractivity contribution in [2.24, 2.45) is 11.8 Å². The molecule has 0 aliphatic carbocycles. The summed E-state index contributed by atoms with van der Waals surface area (Å²) < 4.78 is 26.8. The molecule has 0 spiro atoms. The largest absolute Gasteiger partial charge is 0.504 e. The highest BCUT2D eigenvalue weighted by atomic mass is 16.7. The molecule has 0 radical (unpaired) electrons. The Morgan fingerprint density at radius 1 is 0.974 bits per heavy atom. The van der Waals surface area contributed by atoms with Gasteiger partial charge in [-0.1, -0.05) is 12.1 Å². The van der Waals surface area contributed by atoms with Gasteiger partial charge in [0.05, 0.1) is 39.5 Å². The molecule has 38 heavy (non-hydrogen) atoms. The van der Waals surface area contributed by atoms with E-state index in [0.717, 1.165) is 5.56 Å². The normalized spacial score (nSPS) is 30.0. The Hall–Kier alpha value is -3.13. The monoisotopic (exact) mass is 536 g/mol. The number of benzene rings is 2. The Morgan fingerprint density at radius 2 is 1.71 bits per heavy atom. The molecule has 6 N–H and O–H groups in total. The second-order valence-electron chi connectivity index (χ2n) is 9.28. The summed E-state index contributed by atoms with van der Waals surface area (Å²) in [6.45, 7) is -0.599. The molecule has 8 atom stereocenters. The number of methoxy groups -OCH3 is 2. The van der Waals surface area contributed by atoms with Crippen LogP contribution in [0, 0.1) is 11.8 Å². The lowest BCUT2D eigenvalue weighted by Crippen LogP contribution is -2.60. The number of carbonyl (C=O) groups excluding carboxylic acids is 1. The van der Waals surface area contributed by atoms with Crippen molar-refractivity contribution in [3.05, 3.63) is 47.5 Å². The summed E-state index contributed by atoms with van der Waals surface area (Å²) in [5.74, 6) is -1.16. The van der Waals surface area contributed by atoms with E-state index in [-0.39, 0.29) is 36.0 Å². The van der Waals surface area contributed by atoms with Gasteiger partial charge in [0.25, 0.3) is 0 Å². The van der Waals surface area contributed by atoms with Gasteiger partial charge in [-0.15, -0.1) is 0 Å². The maximum Gasteiger partial charge on any atom is 0.309 e. The Morgan fingerprint density at radius 3 is 2.39 bits per heavy atom. The summed E-state index contributed by atoms with van der Waals surface area (Å²) in [5.41, 5.74) is 1.14. The van der Waals surface area contributed by atoms with E-state index in [9.17, 15) is 35.4 Å². The van der Waals surface area contributed by atoms with E-state index in [1.165, 1.54) is 32.4 Å². The molecule has 12 nitrogen and oxygen atoms in total. The molecule has 208 valence electrons. The second kappa shape index (κ2) is 11.7. The number of aliphatic hydroxyl groups is 5. The number of phenolic OH excluding ortho intramolecular Hbond substituents is 1. The van der Waals surface area contributed by atoms with E-state index in [2.05, 4.69) is 0 Å². The van der Waals surface area contributed by atoms with E-state index < -0.39 is 61.2 Å². The number of aromatic hydroxyl groups is 1. The highest BCUT2D eigenvalue weighted by Crippen LogP contribution is 2.40. The molecule has 2 aliphatic rings. The maximum absolute atomic E-state index is 12.5. The Bertz CT molecular complexity index is 1120. The predicted molar refractivity (Wildman–Crippen MR) is 129 cm³/mol. The van der Waals surface area contributed by atoms with Gasteiger partial charge in [0.2, 0.25) is 6.29 Å². The fourth-order valence-corrected chi connectivity index (χ4v) is 4.73. The fourth-order valence-electron chi connectivity index (χ4n) is 4.73. The lowest BCUT2D eigenvalue weighted by atomic mass is 9.83. The number of hydrogen-bond acceptors (Lipinski definition) is 12. The van der Waals surface area contributed by atoms with Crippen molar-refractivity contribution in [2.45, 2.75) is 43.2 Å². The summed E-state index contributed by atoms with van der Waals surface area (Å²) in [5, 5.41) is 60.7. The number of aliphatic hydroxyl groups excluding tert-OH is 5. The summed E-state index contributed by atoms with van der Waals surface area (Å²) in [6, 6.07) is 9.29. The van der Waals surface area contributed by atoms with E-state index >= 15 is 0 Å². The number of esters is 1. The second-order valence-corrected chi connectivity index (χ2v) is 9.28. The summed E-state index contributed by atoms with van der Waals surface area (Å²) >= 11 is 0. The smallest absolute Gasteiger partial charge is 0.309 e. The summed E-state index contributed by atoms with van der Waals surface area (Å²) in [7, 11) is 2.79. The lowest BCUT2D eigenvalue weighted by Gasteiger charge is -2.39. The zero-order chi connectivity index (χ0) is 27.6. The maximum atomic E-state index is 12.5. The van der Waals surface area contributed by atoms with Crippen molar-refractivity contribution in [3.63, 3.8) is 0 Å². The van der Waals surface area contributed by atoms with Gasteiger partial charge in [-0.25, -0.2) is 0 Å². The average molecular weight is 537 g/mol. The summed E-state index contributed by atoms with van der Waals surface area (Å²) in [6.07, 6.45) is -8.15. The first kappa shape index (κ1) is 27.9. The van der Waals surface area contributed by atoms with Gasteiger partial charge < -0.3 is 54.3 Å². The molecule has 0 unspecified atom stereocenters. The number of hydrogen-bond donors (Lipinski definition) is 6. The summed E-state index contributed by atoms with van der Waals surface area (Å²) in [4.78, 5) is 12.5. The van der Waals surface area contributed by atoms with Gasteiger partial charge in [0, 0.05) is 5.92 Å². The fraction of sp³-hybridized carbons (Fsp3) is 0.500. The van der Waals surface area contributed by atoms with Crippen LogP contribution < -0.4 is 14.2 Å². The molecule has 0 amide bonds. The Labute approximate surface area is 218 Å². The number of ether oxygens (including phenoxy) is 5. The minimum atomic E-state index is -1.61. The average Bonchev–Trinajstić information content (AvgIpc) is 3.29. The van der Waals surface area contributed by atoms with Crippen LogP contribution in [-0.2, 0) is 20.7 Å². The van der Waals surface area contributed by atoms with Crippen molar-refractivity contribution in [3.8, 4) is 23.0 Å². The molecule has 0 aromatic heterocycles. The van der Waals surface area contributed by atoms with Gasteiger partial charge in [-0.3, -0.25) is 4.79 Å². The van der Waals surface area contributed by atoms with E-state index in [1.54, 1.807) is 18.2 Å². The third-order valence-electron chi connectivity index (χ3n) is 6.96. The third kappa shape index (κ3) is 5.51. The van der Waals surface area contributed by atoms with Crippen molar-refractivity contribution in [2.75, 3.05) is 27.4 Å². The van der Waals surface area contributed by atoms with Crippen LogP contribution in [0.2, 0.25) is 0 Å². The van der Waals surface area contributed by atoms with Gasteiger partial charge in [-0.2, -0.15) is 0 Å². The first-order valence-electron chi connectivity index (χ1n) is 12.0. The van der Waals surface area contributed by atoms with Crippen LogP contribution in [0.25, 0.3) is 0 Å². The quantitative estimate of drug-likeness (QED) is 0.229. The van der Waals surface area contributed by atoms with E-state index in [1.807, 2.05) is 0 Å². The molecule has 4 rings (SSSR count). The third-order valence-corrected chi connectivity index (χ3v) is 6.96. The number of cyclic esters (lactones) is 1. The standard InChI is InChI=1S/C26H32O12/c1-34-18-8-12(3-5-16(18)28)7-14-15(11-36-25(14)33)21(29)13-4-6-17(19(9-13)35-2)37-26-24(32)23(31)22(30)20(10-27)38-26/h3-6,8-9,14-15,20-24,26-32H,7,10-11H2,1-2H3/t14-,15+,20+,21-,22+,23-,24+,26+/m0/s1. The Kier molecular flexibility index (Phi) is 8.61. The Balaban J connectivity index is 1.51.